The van der Waals surface area contributed by atoms with Gasteiger partial charge in [0, 0.05) is 11.4 Å². The second-order valence-corrected chi connectivity index (χ2v) is 3.67. The summed E-state index contributed by atoms with van der Waals surface area (Å²) in [6.45, 7) is 3.68. The molecule has 84 valence electrons. The molecule has 1 N–H and O–H groups in total. The zero-order chi connectivity index (χ0) is 11.9. The second-order valence-electron chi connectivity index (χ2n) is 3.67. The molecule has 0 radical (unpaired) electrons. The lowest BCUT2D eigenvalue weighted by atomic mass is 10.1. The Morgan fingerprint density at radius 2 is 1.59 bits per heavy atom. The molecule has 2 aromatic rings. The number of allylic oxidation sites excluding steroid dienone is 2. The van der Waals surface area contributed by atoms with Crippen LogP contribution in [0.1, 0.15) is 5.56 Å². The molecule has 0 aliphatic carbocycles. The van der Waals surface area contributed by atoms with Crippen molar-refractivity contribution in [1.29, 1.82) is 0 Å². The molecule has 1 nitrogen and oxygen atoms in total. The summed E-state index contributed by atoms with van der Waals surface area (Å²) in [5.74, 6) is 0. The highest BCUT2D eigenvalue weighted by Crippen LogP contribution is 2.21. The standard InChI is InChI=1S/C16H15N/c1-2-3-9-14-10-7-8-13-16(14)17-15-11-5-4-6-12-15/h2-13,17H,1H2/b9-3+. The van der Waals surface area contributed by atoms with Crippen molar-refractivity contribution >= 4 is 17.5 Å². The van der Waals surface area contributed by atoms with E-state index in [1.807, 2.05) is 54.6 Å². The quantitative estimate of drug-likeness (QED) is 0.742. The normalized spacial score (nSPS) is 10.4. The Hall–Kier alpha value is -2.28. The van der Waals surface area contributed by atoms with E-state index in [1.165, 1.54) is 0 Å². The van der Waals surface area contributed by atoms with Gasteiger partial charge in [0.2, 0.25) is 0 Å². The fraction of sp³-hybridized carbons (Fsp3) is 0. The van der Waals surface area contributed by atoms with E-state index in [9.17, 15) is 0 Å². The molecule has 0 atom stereocenters. The topological polar surface area (TPSA) is 12.0 Å². The van der Waals surface area contributed by atoms with Crippen molar-refractivity contribution in [2.24, 2.45) is 0 Å². The van der Waals surface area contributed by atoms with Crippen molar-refractivity contribution in [3.05, 3.63) is 78.9 Å². The number of hydrogen-bond donors (Lipinski definition) is 1. The minimum absolute atomic E-state index is 1.09. The van der Waals surface area contributed by atoms with Crippen LogP contribution in [-0.4, -0.2) is 0 Å². The molecule has 0 heterocycles. The summed E-state index contributed by atoms with van der Waals surface area (Å²) in [7, 11) is 0. The molecule has 0 spiro atoms. The predicted octanol–water partition coefficient (Wildman–Crippen LogP) is 4.63. The molecule has 0 aliphatic heterocycles. The van der Waals surface area contributed by atoms with Crippen LogP contribution < -0.4 is 5.32 Å². The summed E-state index contributed by atoms with van der Waals surface area (Å²) in [4.78, 5) is 0. The van der Waals surface area contributed by atoms with Gasteiger partial charge in [-0.1, -0.05) is 61.2 Å². The van der Waals surface area contributed by atoms with Crippen molar-refractivity contribution in [2.45, 2.75) is 0 Å². The molecular formula is C16H15N. The smallest absolute Gasteiger partial charge is 0.0457 e. The van der Waals surface area contributed by atoms with E-state index in [0.717, 1.165) is 16.9 Å². The highest BCUT2D eigenvalue weighted by molar-refractivity contribution is 5.72. The van der Waals surface area contributed by atoms with Crippen LogP contribution >= 0.6 is 0 Å². The summed E-state index contributed by atoms with van der Waals surface area (Å²) < 4.78 is 0. The van der Waals surface area contributed by atoms with Crippen molar-refractivity contribution < 1.29 is 0 Å². The lowest BCUT2D eigenvalue weighted by Crippen LogP contribution is -1.91. The van der Waals surface area contributed by atoms with Crippen LogP contribution in [0.25, 0.3) is 6.08 Å². The first-order chi connectivity index (χ1) is 8.40. The number of hydrogen-bond acceptors (Lipinski definition) is 1. The van der Waals surface area contributed by atoms with Crippen LogP contribution in [0.3, 0.4) is 0 Å². The molecule has 17 heavy (non-hydrogen) atoms. The van der Waals surface area contributed by atoms with E-state index in [-0.39, 0.29) is 0 Å². The number of nitrogens with one attached hydrogen (secondary N) is 1. The first-order valence-corrected chi connectivity index (χ1v) is 5.60. The van der Waals surface area contributed by atoms with E-state index < -0.39 is 0 Å². The van der Waals surface area contributed by atoms with E-state index in [2.05, 4.69) is 24.0 Å². The van der Waals surface area contributed by atoms with Crippen molar-refractivity contribution in [2.75, 3.05) is 5.32 Å². The zero-order valence-corrected chi connectivity index (χ0v) is 9.64. The van der Waals surface area contributed by atoms with Gasteiger partial charge < -0.3 is 5.32 Å². The van der Waals surface area contributed by atoms with Crippen LogP contribution in [0.4, 0.5) is 11.4 Å². The lowest BCUT2D eigenvalue weighted by Gasteiger charge is -2.09. The zero-order valence-electron chi connectivity index (χ0n) is 9.64. The van der Waals surface area contributed by atoms with E-state index in [0.29, 0.717) is 0 Å². The van der Waals surface area contributed by atoms with Crippen LogP contribution in [-0.2, 0) is 0 Å². The highest BCUT2D eigenvalue weighted by atomic mass is 14.9. The van der Waals surface area contributed by atoms with Crippen LogP contribution in [0.5, 0.6) is 0 Å². The predicted molar refractivity (Wildman–Crippen MR) is 75.4 cm³/mol. The SMILES string of the molecule is C=C/C=C/c1ccccc1Nc1ccccc1. The van der Waals surface area contributed by atoms with Gasteiger partial charge in [-0.2, -0.15) is 0 Å². The maximum Gasteiger partial charge on any atom is 0.0457 e. The number of benzene rings is 2. The Bertz CT molecular complexity index is 512. The fourth-order valence-corrected chi connectivity index (χ4v) is 1.60. The fourth-order valence-electron chi connectivity index (χ4n) is 1.60. The number of rotatable bonds is 4. The summed E-state index contributed by atoms with van der Waals surface area (Å²) in [5, 5.41) is 3.40. The Kier molecular flexibility index (Phi) is 3.77. The van der Waals surface area contributed by atoms with E-state index in [1.54, 1.807) is 6.08 Å². The van der Waals surface area contributed by atoms with Crippen LogP contribution in [0.15, 0.2) is 73.3 Å². The van der Waals surface area contributed by atoms with E-state index >= 15 is 0 Å². The van der Waals surface area contributed by atoms with Crippen LogP contribution in [0, 0.1) is 0 Å². The summed E-state index contributed by atoms with van der Waals surface area (Å²) >= 11 is 0. The minimum atomic E-state index is 1.09. The highest BCUT2D eigenvalue weighted by Gasteiger charge is 1.97. The van der Waals surface area contributed by atoms with Crippen molar-refractivity contribution in [1.82, 2.24) is 0 Å². The van der Waals surface area contributed by atoms with Gasteiger partial charge in [-0.15, -0.1) is 0 Å². The Morgan fingerprint density at radius 1 is 0.882 bits per heavy atom. The molecule has 0 aliphatic rings. The van der Waals surface area contributed by atoms with Gasteiger partial charge in [0.1, 0.15) is 0 Å². The molecule has 0 bridgehead atoms. The average molecular weight is 221 g/mol. The van der Waals surface area contributed by atoms with Crippen molar-refractivity contribution in [3.63, 3.8) is 0 Å². The van der Waals surface area contributed by atoms with Gasteiger partial charge >= 0.3 is 0 Å². The third kappa shape index (κ3) is 3.08. The third-order valence-corrected chi connectivity index (χ3v) is 2.43. The molecule has 0 saturated carbocycles. The lowest BCUT2D eigenvalue weighted by molar-refractivity contribution is 1.53. The van der Waals surface area contributed by atoms with Crippen molar-refractivity contribution in [3.8, 4) is 0 Å². The van der Waals surface area contributed by atoms with Gasteiger partial charge in [-0.05, 0) is 23.8 Å². The molecular weight excluding hydrogens is 206 g/mol. The van der Waals surface area contributed by atoms with Crippen LogP contribution in [0.2, 0.25) is 0 Å². The average Bonchev–Trinajstić information content (AvgIpc) is 2.39. The first kappa shape index (κ1) is 11.2. The van der Waals surface area contributed by atoms with Gasteiger partial charge in [0.15, 0.2) is 0 Å². The molecule has 1 heteroatoms. The molecule has 0 aromatic heterocycles. The van der Waals surface area contributed by atoms with E-state index in [4.69, 9.17) is 0 Å². The molecule has 0 unspecified atom stereocenters. The maximum atomic E-state index is 3.68. The Morgan fingerprint density at radius 3 is 2.35 bits per heavy atom. The van der Waals surface area contributed by atoms with Gasteiger partial charge in [-0.3, -0.25) is 0 Å². The second kappa shape index (κ2) is 5.71. The molecule has 2 aromatic carbocycles. The summed E-state index contributed by atoms with van der Waals surface area (Å²) in [5.41, 5.74) is 3.33. The van der Waals surface area contributed by atoms with Gasteiger partial charge in [0.25, 0.3) is 0 Å². The molecule has 2 rings (SSSR count). The van der Waals surface area contributed by atoms with Gasteiger partial charge in [0.05, 0.1) is 0 Å². The Labute approximate surface area is 102 Å². The third-order valence-electron chi connectivity index (χ3n) is 2.43. The molecule has 0 fully saturated rings. The monoisotopic (exact) mass is 221 g/mol. The van der Waals surface area contributed by atoms with Gasteiger partial charge in [-0.25, -0.2) is 0 Å². The largest absolute Gasteiger partial charge is 0.355 e. The Balaban J connectivity index is 2.26. The first-order valence-electron chi connectivity index (χ1n) is 5.60. The maximum absolute atomic E-state index is 3.68. The molecule has 0 saturated heterocycles. The number of para-hydroxylation sites is 2. The molecule has 0 amide bonds. The minimum Gasteiger partial charge on any atom is -0.355 e. The summed E-state index contributed by atoms with van der Waals surface area (Å²) in [6.07, 6.45) is 5.75. The number of anilines is 2. The summed E-state index contributed by atoms with van der Waals surface area (Å²) in [6, 6.07) is 18.3.